The first-order valence-corrected chi connectivity index (χ1v) is 9.58. The Labute approximate surface area is 161 Å². The second-order valence-electron chi connectivity index (χ2n) is 5.96. The van der Waals surface area contributed by atoms with Crippen molar-refractivity contribution in [2.45, 2.75) is 11.8 Å². The monoisotopic (exact) mass is 397 g/mol. The molecule has 0 saturated carbocycles. The van der Waals surface area contributed by atoms with Gasteiger partial charge in [-0.3, -0.25) is 14.9 Å². The number of carbonyl (C=O) groups excluding carboxylic acids is 1. The molecule has 0 aliphatic carbocycles. The molecule has 0 atom stereocenters. The van der Waals surface area contributed by atoms with E-state index in [2.05, 4.69) is 0 Å². The first kappa shape index (κ1) is 19.2. The van der Waals surface area contributed by atoms with Crippen LogP contribution in [0.4, 0.5) is 5.69 Å². The summed E-state index contributed by atoms with van der Waals surface area (Å²) in [5.74, 6) is -0.165. The highest BCUT2D eigenvalue weighted by Gasteiger charge is 2.20. The van der Waals surface area contributed by atoms with E-state index in [1.807, 2.05) is 0 Å². The minimum absolute atomic E-state index is 0.0283. The molecule has 0 aromatic heterocycles. The Morgan fingerprint density at radius 1 is 0.929 bits per heavy atom. The van der Waals surface area contributed by atoms with Crippen molar-refractivity contribution >= 4 is 21.6 Å². The van der Waals surface area contributed by atoms with Crippen LogP contribution in [0.5, 0.6) is 5.75 Å². The van der Waals surface area contributed by atoms with Crippen LogP contribution in [0.15, 0.2) is 77.7 Å². The third kappa shape index (κ3) is 4.07. The number of nitrogens with zero attached hydrogens (tertiary/aromatic N) is 1. The molecule has 3 rings (SSSR count). The zero-order valence-corrected chi connectivity index (χ0v) is 15.5. The summed E-state index contributed by atoms with van der Waals surface area (Å²) in [5, 5.41) is 10.9. The lowest BCUT2D eigenvalue weighted by Crippen LogP contribution is -2.10. The van der Waals surface area contributed by atoms with E-state index >= 15 is 0 Å². The minimum atomic E-state index is -4.17. The third-order valence-electron chi connectivity index (χ3n) is 4.01. The molecule has 0 unspecified atom stereocenters. The topological polar surface area (TPSA) is 104 Å². The van der Waals surface area contributed by atoms with Crippen molar-refractivity contribution in [3.05, 3.63) is 99.6 Å². The van der Waals surface area contributed by atoms with Crippen molar-refractivity contribution in [2.75, 3.05) is 0 Å². The predicted octanol–water partition coefficient (Wildman–Crippen LogP) is 3.90. The van der Waals surface area contributed by atoms with E-state index in [9.17, 15) is 23.3 Å². The Balaban J connectivity index is 1.80. The van der Waals surface area contributed by atoms with Gasteiger partial charge >= 0.3 is 10.1 Å². The van der Waals surface area contributed by atoms with Gasteiger partial charge in [0.1, 0.15) is 10.6 Å². The zero-order valence-electron chi connectivity index (χ0n) is 14.7. The Bertz CT molecular complexity index is 1140. The minimum Gasteiger partial charge on any atom is -0.379 e. The fourth-order valence-electron chi connectivity index (χ4n) is 2.58. The van der Waals surface area contributed by atoms with Crippen molar-refractivity contribution in [2.24, 2.45) is 0 Å². The van der Waals surface area contributed by atoms with Crippen LogP contribution < -0.4 is 4.18 Å². The van der Waals surface area contributed by atoms with Crippen molar-refractivity contribution in [3.63, 3.8) is 0 Å². The highest BCUT2D eigenvalue weighted by atomic mass is 32.2. The van der Waals surface area contributed by atoms with Gasteiger partial charge in [-0.05, 0) is 43.3 Å². The molecule has 0 fully saturated rings. The van der Waals surface area contributed by atoms with Crippen LogP contribution in [0, 0.1) is 17.0 Å². The molecule has 3 aromatic rings. The maximum atomic E-state index is 12.4. The number of rotatable bonds is 6. The Morgan fingerprint density at radius 3 is 2.11 bits per heavy atom. The third-order valence-corrected chi connectivity index (χ3v) is 5.26. The van der Waals surface area contributed by atoms with E-state index < -0.39 is 15.0 Å². The molecule has 0 spiro atoms. The van der Waals surface area contributed by atoms with Gasteiger partial charge in [0.2, 0.25) is 0 Å². The SMILES string of the molecule is Cc1cc(S(=O)(=O)Oc2ccc(C(=O)c3ccccc3)cc2)ccc1[N+](=O)[O-]. The fraction of sp³-hybridized carbons (Fsp3) is 0.0500. The molecule has 0 heterocycles. The molecule has 0 aliphatic heterocycles. The lowest BCUT2D eigenvalue weighted by Gasteiger charge is -2.08. The first-order chi connectivity index (χ1) is 13.3. The fourth-order valence-corrected chi connectivity index (χ4v) is 3.60. The van der Waals surface area contributed by atoms with Crippen LogP contribution in [0.3, 0.4) is 0 Å². The maximum absolute atomic E-state index is 12.4. The summed E-state index contributed by atoms with van der Waals surface area (Å²) in [6.45, 7) is 1.45. The van der Waals surface area contributed by atoms with Crippen LogP contribution >= 0.6 is 0 Å². The second-order valence-corrected chi connectivity index (χ2v) is 7.51. The number of ketones is 1. The number of nitro benzene ring substituents is 1. The molecule has 3 aromatic carbocycles. The summed E-state index contributed by atoms with van der Waals surface area (Å²) in [7, 11) is -4.17. The summed E-state index contributed by atoms with van der Waals surface area (Å²) in [5.41, 5.74) is 0.938. The van der Waals surface area contributed by atoms with E-state index in [1.165, 1.54) is 37.3 Å². The number of carbonyl (C=O) groups is 1. The number of nitro groups is 1. The van der Waals surface area contributed by atoms with Gasteiger partial charge in [0, 0.05) is 22.8 Å². The lowest BCUT2D eigenvalue weighted by molar-refractivity contribution is -0.385. The van der Waals surface area contributed by atoms with Gasteiger partial charge in [-0.1, -0.05) is 30.3 Å². The molecule has 0 N–H and O–H groups in total. The molecule has 0 amide bonds. The summed E-state index contributed by atoms with van der Waals surface area (Å²) < 4.78 is 29.9. The summed E-state index contributed by atoms with van der Waals surface area (Å²) in [4.78, 5) is 22.5. The van der Waals surface area contributed by atoms with E-state index in [1.54, 1.807) is 30.3 Å². The molecule has 0 bridgehead atoms. The standard InChI is InChI=1S/C20H15NO6S/c1-14-13-18(11-12-19(14)21(23)24)28(25,26)27-17-9-7-16(8-10-17)20(22)15-5-3-2-4-6-15/h2-13H,1H3. The van der Waals surface area contributed by atoms with Crippen LogP contribution in [-0.2, 0) is 10.1 Å². The average molecular weight is 397 g/mol. The van der Waals surface area contributed by atoms with E-state index in [4.69, 9.17) is 4.18 Å². The van der Waals surface area contributed by atoms with Crippen molar-refractivity contribution in [1.82, 2.24) is 0 Å². The van der Waals surface area contributed by atoms with Crippen molar-refractivity contribution in [3.8, 4) is 5.75 Å². The molecule has 28 heavy (non-hydrogen) atoms. The molecule has 7 nitrogen and oxygen atoms in total. The molecule has 0 saturated heterocycles. The highest BCUT2D eigenvalue weighted by molar-refractivity contribution is 7.87. The van der Waals surface area contributed by atoms with Crippen LogP contribution in [-0.4, -0.2) is 19.1 Å². The maximum Gasteiger partial charge on any atom is 0.339 e. The smallest absolute Gasteiger partial charge is 0.339 e. The second kappa shape index (κ2) is 7.61. The van der Waals surface area contributed by atoms with Crippen LogP contribution in [0.25, 0.3) is 0 Å². The molecule has 0 radical (unpaired) electrons. The van der Waals surface area contributed by atoms with Crippen molar-refractivity contribution < 1.29 is 22.3 Å². The largest absolute Gasteiger partial charge is 0.379 e. The number of hydrogen-bond donors (Lipinski definition) is 0. The molecular formula is C20H15NO6S. The average Bonchev–Trinajstić information content (AvgIpc) is 2.68. The summed E-state index contributed by atoms with van der Waals surface area (Å²) in [6.07, 6.45) is 0. The first-order valence-electron chi connectivity index (χ1n) is 8.17. The Kier molecular flexibility index (Phi) is 5.23. The van der Waals surface area contributed by atoms with E-state index in [0.717, 1.165) is 12.1 Å². The lowest BCUT2D eigenvalue weighted by atomic mass is 10.0. The van der Waals surface area contributed by atoms with Gasteiger partial charge in [0.25, 0.3) is 5.69 Å². The highest BCUT2D eigenvalue weighted by Crippen LogP contribution is 2.25. The molecular weight excluding hydrogens is 382 g/mol. The van der Waals surface area contributed by atoms with Crippen molar-refractivity contribution in [1.29, 1.82) is 0 Å². The normalized spacial score (nSPS) is 11.0. The molecule has 8 heteroatoms. The van der Waals surface area contributed by atoms with Gasteiger partial charge in [-0.15, -0.1) is 0 Å². The van der Waals surface area contributed by atoms with Crippen LogP contribution in [0.2, 0.25) is 0 Å². The van der Waals surface area contributed by atoms with Gasteiger partial charge in [0.05, 0.1) is 4.92 Å². The summed E-state index contributed by atoms with van der Waals surface area (Å²) >= 11 is 0. The number of hydrogen-bond acceptors (Lipinski definition) is 6. The molecule has 0 aliphatic rings. The zero-order chi connectivity index (χ0) is 20.3. The van der Waals surface area contributed by atoms with Gasteiger partial charge in [-0.25, -0.2) is 0 Å². The van der Waals surface area contributed by atoms with Gasteiger partial charge in [-0.2, -0.15) is 8.42 Å². The predicted molar refractivity (Wildman–Crippen MR) is 102 cm³/mol. The van der Waals surface area contributed by atoms with E-state index in [-0.39, 0.29) is 27.7 Å². The Hall–Kier alpha value is -3.52. The van der Waals surface area contributed by atoms with Crippen LogP contribution in [0.1, 0.15) is 21.5 Å². The number of benzene rings is 3. The van der Waals surface area contributed by atoms with E-state index in [0.29, 0.717) is 11.1 Å². The Morgan fingerprint density at radius 2 is 1.54 bits per heavy atom. The molecule has 142 valence electrons. The summed E-state index contributed by atoms with van der Waals surface area (Å²) in [6, 6.07) is 17.8. The number of aryl methyl sites for hydroxylation is 1. The van der Waals surface area contributed by atoms with Gasteiger partial charge in [0.15, 0.2) is 5.78 Å². The van der Waals surface area contributed by atoms with Gasteiger partial charge < -0.3 is 4.18 Å². The quantitative estimate of drug-likeness (QED) is 0.270.